The molecule has 2 N–H and O–H groups in total. The summed E-state index contributed by atoms with van der Waals surface area (Å²) in [6.45, 7) is 0.544. The summed E-state index contributed by atoms with van der Waals surface area (Å²) in [5.41, 5.74) is 6.55. The van der Waals surface area contributed by atoms with Gasteiger partial charge in [-0.15, -0.1) is 0 Å². The second-order valence-electron chi connectivity index (χ2n) is 4.03. The lowest BCUT2D eigenvalue weighted by molar-refractivity contribution is 0.0307. The van der Waals surface area contributed by atoms with Crippen molar-refractivity contribution in [2.75, 3.05) is 6.54 Å². The van der Waals surface area contributed by atoms with Gasteiger partial charge in [0.05, 0.1) is 6.10 Å². The smallest absolute Gasteiger partial charge is 0.256 e. The molecule has 2 atom stereocenters. The van der Waals surface area contributed by atoms with Gasteiger partial charge in [-0.2, -0.15) is 16.3 Å². The molecule has 5 nitrogen and oxygen atoms in total. The van der Waals surface area contributed by atoms with Gasteiger partial charge in [-0.3, -0.25) is 0 Å². The predicted octanol–water partition coefficient (Wildman–Crippen LogP) is 1.98. The fourth-order valence-electron chi connectivity index (χ4n) is 1.94. The van der Waals surface area contributed by atoms with E-state index in [-0.39, 0.29) is 12.2 Å². The average molecular weight is 251 g/mol. The third-order valence-corrected chi connectivity index (χ3v) is 3.55. The molecule has 0 bridgehead atoms. The van der Waals surface area contributed by atoms with E-state index in [2.05, 4.69) is 10.1 Å². The highest BCUT2D eigenvalue weighted by Crippen LogP contribution is 2.32. The molecule has 90 valence electrons. The average Bonchev–Trinajstić information content (AvgIpc) is 3.09. The Labute approximate surface area is 103 Å². The van der Waals surface area contributed by atoms with Crippen LogP contribution in [0.25, 0.3) is 11.4 Å². The van der Waals surface area contributed by atoms with Gasteiger partial charge >= 0.3 is 0 Å². The summed E-state index contributed by atoms with van der Waals surface area (Å²) in [4.78, 5) is 4.37. The lowest BCUT2D eigenvalue weighted by Crippen LogP contribution is -2.18. The zero-order valence-corrected chi connectivity index (χ0v) is 10.0. The number of nitrogens with zero attached hydrogens (tertiary/aromatic N) is 2. The molecular weight excluding hydrogens is 238 g/mol. The summed E-state index contributed by atoms with van der Waals surface area (Å²) < 4.78 is 11.0. The van der Waals surface area contributed by atoms with Crippen LogP contribution in [-0.4, -0.2) is 22.8 Å². The highest BCUT2D eigenvalue weighted by molar-refractivity contribution is 7.08. The number of aromatic nitrogens is 2. The SMILES string of the molecule is NCC1CCC(c2nc(-c3ccsc3)no2)O1. The van der Waals surface area contributed by atoms with Gasteiger partial charge in [0.1, 0.15) is 6.10 Å². The van der Waals surface area contributed by atoms with Crippen LogP contribution in [-0.2, 0) is 4.74 Å². The summed E-state index contributed by atoms with van der Waals surface area (Å²) in [7, 11) is 0. The largest absolute Gasteiger partial charge is 0.364 e. The summed E-state index contributed by atoms with van der Waals surface area (Å²) in [5.74, 6) is 1.18. The quantitative estimate of drug-likeness (QED) is 0.902. The Morgan fingerprint density at radius 1 is 1.47 bits per heavy atom. The maximum atomic E-state index is 5.71. The summed E-state index contributed by atoms with van der Waals surface area (Å²) >= 11 is 1.61. The van der Waals surface area contributed by atoms with Crippen molar-refractivity contribution in [2.45, 2.75) is 25.0 Å². The van der Waals surface area contributed by atoms with Crippen molar-refractivity contribution in [3.63, 3.8) is 0 Å². The van der Waals surface area contributed by atoms with Gasteiger partial charge in [0.25, 0.3) is 5.89 Å². The molecular formula is C11H13N3O2S. The molecule has 0 aromatic carbocycles. The van der Waals surface area contributed by atoms with Crippen LogP contribution in [0.2, 0.25) is 0 Å². The van der Waals surface area contributed by atoms with Crippen LogP contribution in [0.5, 0.6) is 0 Å². The predicted molar refractivity (Wildman–Crippen MR) is 63.5 cm³/mol. The van der Waals surface area contributed by atoms with E-state index in [0.29, 0.717) is 18.3 Å². The van der Waals surface area contributed by atoms with Crippen LogP contribution in [0.1, 0.15) is 24.8 Å². The monoisotopic (exact) mass is 251 g/mol. The molecule has 3 heterocycles. The first-order valence-corrected chi connectivity index (χ1v) is 6.53. The summed E-state index contributed by atoms with van der Waals surface area (Å²) in [5, 5.41) is 7.94. The summed E-state index contributed by atoms with van der Waals surface area (Å²) in [6, 6.07) is 1.97. The molecule has 0 saturated carbocycles. The molecule has 1 aliphatic heterocycles. The molecule has 0 amide bonds. The van der Waals surface area contributed by atoms with Crippen molar-refractivity contribution in [2.24, 2.45) is 5.73 Å². The van der Waals surface area contributed by atoms with E-state index in [4.69, 9.17) is 15.0 Å². The Balaban J connectivity index is 1.77. The van der Waals surface area contributed by atoms with Gasteiger partial charge in [0.2, 0.25) is 5.82 Å². The topological polar surface area (TPSA) is 74.2 Å². The molecule has 1 fully saturated rings. The molecule has 0 radical (unpaired) electrons. The number of nitrogens with two attached hydrogens (primary N) is 1. The van der Waals surface area contributed by atoms with Crippen LogP contribution < -0.4 is 5.73 Å². The normalized spacial score (nSPS) is 24.3. The maximum Gasteiger partial charge on any atom is 0.256 e. The number of rotatable bonds is 3. The van der Waals surface area contributed by atoms with E-state index in [1.165, 1.54) is 0 Å². The van der Waals surface area contributed by atoms with Crippen molar-refractivity contribution in [1.82, 2.24) is 10.1 Å². The Bertz CT molecular complexity index is 483. The van der Waals surface area contributed by atoms with Crippen molar-refractivity contribution in [3.05, 3.63) is 22.7 Å². The van der Waals surface area contributed by atoms with Crippen molar-refractivity contribution < 1.29 is 9.26 Å². The molecule has 2 aromatic rings. The Morgan fingerprint density at radius 3 is 3.12 bits per heavy atom. The Kier molecular flexibility index (Phi) is 2.92. The molecule has 2 aromatic heterocycles. The van der Waals surface area contributed by atoms with Crippen LogP contribution >= 0.6 is 11.3 Å². The Hall–Kier alpha value is -1.24. The summed E-state index contributed by atoms with van der Waals surface area (Å²) in [6.07, 6.45) is 1.88. The van der Waals surface area contributed by atoms with Gasteiger partial charge in [-0.25, -0.2) is 0 Å². The van der Waals surface area contributed by atoms with Crippen molar-refractivity contribution >= 4 is 11.3 Å². The van der Waals surface area contributed by atoms with Gasteiger partial charge in [-0.1, -0.05) is 5.16 Å². The zero-order valence-electron chi connectivity index (χ0n) is 9.20. The fourth-order valence-corrected chi connectivity index (χ4v) is 2.57. The van der Waals surface area contributed by atoms with Gasteiger partial charge in [-0.05, 0) is 24.3 Å². The number of hydrogen-bond acceptors (Lipinski definition) is 6. The van der Waals surface area contributed by atoms with Gasteiger partial charge in [0.15, 0.2) is 0 Å². The molecule has 0 aliphatic carbocycles. The van der Waals surface area contributed by atoms with E-state index in [0.717, 1.165) is 18.4 Å². The third-order valence-electron chi connectivity index (χ3n) is 2.87. The first-order chi connectivity index (χ1) is 8.36. The van der Waals surface area contributed by atoms with Crippen LogP contribution in [0.3, 0.4) is 0 Å². The molecule has 3 rings (SSSR count). The second kappa shape index (κ2) is 4.56. The van der Waals surface area contributed by atoms with E-state index < -0.39 is 0 Å². The molecule has 0 spiro atoms. The van der Waals surface area contributed by atoms with Gasteiger partial charge in [0, 0.05) is 17.5 Å². The van der Waals surface area contributed by atoms with E-state index >= 15 is 0 Å². The first kappa shape index (κ1) is 10.9. The molecule has 6 heteroatoms. The second-order valence-corrected chi connectivity index (χ2v) is 4.81. The molecule has 17 heavy (non-hydrogen) atoms. The minimum Gasteiger partial charge on any atom is -0.364 e. The van der Waals surface area contributed by atoms with E-state index in [9.17, 15) is 0 Å². The van der Waals surface area contributed by atoms with Crippen molar-refractivity contribution in [1.29, 1.82) is 0 Å². The first-order valence-electron chi connectivity index (χ1n) is 5.58. The third kappa shape index (κ3) is 2.11. The highest BCUT2D eigenvalue weighted by Gasteiger charge is 2.29. The lowest BCUT2D eigenvalue weighted by Gasteiger charge is -2.07. The van der Waals surface area contributed by atoms with E-state index in [1.807, 2.05) is 16.8 Å². The Morgan fingerprint density at radius 2 is 2.41 bits per heavy atom. The zero-order chi connectivity index (χ0) is 11.7. The fraction of sp³-hybridized carbons (Fsp3) is 0.455. The maximum absolute atomic E-state index is 5.71. The number of thiophene rings is 1. The van der Waals surface area contributed by atoms with E-state index in [1.54, 1.807) is 11.3 Å². The number of ether oxygens (including phenoxy) is 1. The molecule has 1 saturated heterocycles. The van der Waals surface area contributed by atoms with Gasteiger partial charge < -0.3 is 15.0 Å². The highest BCUT2D eigenvalue weighted by atomic mass is 32.1. The number of hydrogen-bond donors (Lipinski definition) is 1. The van der Waals surface area contributed by atoms with Crippen LogP contribution in [0.15, 0.2) is 21.3 Å². The lowest BCUT2D eigenvalue weighted by atomic mass is 10.2. The molecule has 1 aliphatic rings. The minimum atomic E-state index is -0.0940. The van der Waals surface area contributed by atoms with Crippen LogP contribution in [0, 0.1) is 0 Å². The van der Waals surface area contributed by atoms with Crippen LogP contribution in [0.4, 0.5) is 0 Å². The minimum absolute atomic E-state index is 0.0940. The standard InChI is InChI=1S/C11H13N3O2S/c12-5-8-1-2-9(15-8)11-13-10(14-16-11)7-3-4-17-6-7/h3-4,6,8-9H,1-2,5,12H2. The molecule has 2 unspecified atom stereocenters. The van der Waals surface area contributed by atoms with Crippen molar-refractivity contribution in [3.8, 4) is 11.4 Å².